The molecule has 2 aromatic carbocycles. The molecule has 1 aliphatic rings. The number of likely N-dealkylation sites (tertiary alicyclic amines) is 1. The van der Waals surface area contributed by atoms with Crippen molar-refractivity contribution < 1.29 is 19.1 Å². The monoisotopic (exact) mass is 408 g/mol. The lowest BCUT2D eigenvalue weighted by Gasteiger charge is -2.32. The zero-order chi connectivity index (χ0) is 21.5. The second-order valence-corrected chi connectivity index (χ2v) is 7.76. The molecule has 0 bridgehead atoms. The molecule has 1 aliphatic heterocycles. The number of hydrogen-bond donors (Lipinski definition) is 1. The molecular formula is C24H28N2O4. The molecule has 3 rings (SSSR count). The molecule has 0 radical (unpaired) electrons. The SMILES string of the molecule is CC(=O)Oc1cccc(C(=O)NCC2CCN(C(=O)Cc3ccccc3C)CC2)c1. The summed E-state index contributed by atoms with van der Waals surface area (Å²) in [6, 6.07) is 14.6. The van der Waals surface area contributed by atoms with Gasteiger partial charge >= 0.3 is 5.97 Å². The van der Waals surface area contributed by atoms with Crippen molar-refractivity contribution in [3.05, 3.63) is 65.2 Å². The van der Waals surface area contributed by atoms with Gasteiger partial charge < -0.3 is 15.0 Å². The largest absolute Gasteiger partial charge is 0.427 e. The van der Waals surface area contributed by atoms with Gasteiger partial charge in [-0.15, -0.1) is 0 Å². The van der Waals surface area contributed by atoms with Gasteiger partial charge in [-0.25, -0.2) is 0 Å². The highest BCUT2D eigenvalue weighted by Gasteiger charge is 2.23. The zero-order valence-electron chi connectivity index (χ0n) is 17.5. The van der Waals surface area contributed by atoms with Gasteiger partial charge in [0.05, 0.1) is 6.42 Å². The maximum atomic E-state index is 12.6. The highest BCUT2D eigenvalue weighted by atomic mass is 16.5. The number of ether oxygens (including phenoxy) is 1. The van der Waals surface area contributed by atoms with Crippen LogP contribution in [0.5, 0.6) is 5.75 Å². The summed E-state index contributed by atoms with van der Waals surface area (Å²) in [4.78, 5) is 38.0. The summed E-state index contributed by atoms with van der Waals surface area (Å²) in [5.74, 6) is 0.246. The topological polar surface area (TPSA) is 75.7 Å². The average molecular weight is 408 g/mol. The number of carbonyl (C=O) groups is 3. The summed E-state index contributed by atoms with van der Waals surface area (Å²) in [5.41, 5.74) is 2.67. The van der Waals surface area contributed by atoms with Gasteiger partial charge in [-0.05, 0) is 55.0 Å². The Morgan fingerprint density at radius 1 is 1.07 bits per heavy atom. The second-order valence-electron chi connectivity index (χ2n) is 7.76. The third kappa shape index (κ3) is 5.92. The molecule has 1 fully saturated rings. The molecule has 6 nitrogen and oxygen atoms in total. The summed E-state index contributed by atoms with van der Waals surface area (Å²) < 4.78 is 5.03. The highest BCUT2D eigenvalue weighted by molar-refractivity contribution is 5.94. The van der Waals surface area contributed by atoms with Crippen molar-refractivity contribution in [1.82, 2.24) is 10.2 Å². The number of piperidine rings is 1. The lowest BCUT2D eigenvalue weighted by molar-refractivity contribution is -0.132. The van der Waals surface area contributed by atoms with Crippen molar-refractivity contribution >= 4 is 17.8 Å². The van der Waals surface area contributed by atoms with E-state index < -0.39 is 5.97 Å². The lowest BCUT2D eigenvalue weighted by atomic mass is 9.96. The van der Waals surface area contributed by atoms with Crippen molar-refractivity contribution in [2.24, 2.45) is 5.92 Å². The molecule has 1 heterocycles. The van der Waals surface area contributed by atoms with Gasteiger partial charge in [0.15, 0.2) is 0 Å². The number of nitrogens with zero attached hydrogens (tertiary/aromatic N) is 1. The Labute approximate surface area is 177 Å². The van der Waals surface area contributed by atoms with Crippen LogP contribution in [0.3, 0.4) is 0 Å². The van der Waals surface area contributed by atoms with E-state index in [4.69, 9.17) is 4.74 Å². The smallest absolute Gasteiger partial charge is 0.308 e. The van der Waals surface area contributed by atoms with Crippen LogP contribution < -0.4 is 10.1 Å². The number of nitrogens with one attached hydrogen (secondary N) is 1. The van der Waals surface area contributed by atoms with Crippen molar-refractivity contribution in [1.29, 1.82) is 0 Å². The van der Waals surface area contributed by atoms with E-state index in [1.165, 1.54) is 6.92 Å². The van der Waals surface area contributed by atoms with E-state index in [1.807, 2.05) is 36.1 Å². The minimum Gasteiger partial charge on any atom is -0.427 e. The highest BCUT2D eigenvalue weighted by Crippen LogP contribution is 2.19. The van der Waals surface area contributed by atoms with Crippen LogP contribution in [0.15, 0.2) is 48.5 Å². The van der Waals surface area contributed by atoms with Gasteiger partial charge in [0.25, 0.3) is 5.91 Å². The number of benzene rings is 2. The van der Waals surface area contributed by atoms with Crippen LogP contribution >= 0.6 is 0 Å². The van der Waals surface area contributed by atoms with Gasteiger partial charge in [0, 0.05) is 32.1 Å². The van der Waals surface area contributed by atoms with Crippen LogP contribution in [0.2, 0.25) is 0 Å². The normalized spacial score (nSPS) is 14.3. The first-order chi connectivity index (χ1) is 14.4. The Kier molecular flexibility index (Phi) is 7.22. The van der Waals surface area contributed by atoms with E-state index in [1.54, 1.807) is 24.3 Å². The van der Waals surface area contributed by atoms with Gasteiger partial charge in [-0.3, -0.25) is 14.4 Å². The average Bonchev–Trinajstić information content (AvgIpc) is 2.73. The maximum absolute atomic E-state index is 12.6. The van der Waals surface area contributed by atoms with E-state index in [0.717, 1.165) is 24.0 Å². The predicted molar refractivity (Wildman–Crippen MR) is 114 cm³/mol. The molecule has 2 aromatic rings. The fraction of sp³-hybridized carbons (Fsp3) is 0.375. The van der Waals surface area contributed by atoms with Crippen LogP contribution in [-0.2, 0) is 16.0 Å². The van der Waals surface area contributed by atoms with E-state index in [-0.39, 0.29) is 11.8 Å². The molecule has 2 amide bonds. The van der Waals surface area contributed by atoms with E-state index in [0.29, 0.717) is 43.3 Å². The molecular weight excluding hydrogens is 380 g/mol. The molecule has 0 aromatic heterocycles. The summed E-state index contributed by atoms with van der Waals surface area (Å²) in [6.07, 6.45) is 2.17. The van der Waals surface area contributed by atoms with Crippen LogP contribution in [0.25, 0.3) is 0 Å². The van der Waals surface area contributed by atoms with Gasteiger partial charge in [0.2, 0.25) is 5.91 Å². The first kappa shape index (κ1) is 21.6. The molecule has 0 unspecified atom stereocenters. The number of esters is 1. The summed E-state index contributed by atoms with van der Waals surface area (Å²) >= 11 is 0. The molecule has 158 valence electrons. The zero-order valence-corrected chi connectivity index (χ0v) is 17.5. The standard InChI is InChI=1S/C24H28N2O4/c1-17-6-3-4-7-20(17)15-23(28)26-12-10-19(11-13-26)16-25-24(29)21-8-5-9-22(14-21)30-18(2)27/h3-9,14,19H,10-13,15-16H2,1-2H3,(H,25,29). The Morgan fingerprint density at radius 2 is 1.80 bits per heavy atom. The number of rotatable bonds is 6. The molecule has 0 spiro atoms. The predicted octanol–water partition coefficient (Wildman–Crippen LogP) is 3.13. The Bertz CT molecular complexity index is 917. The summed E-state index contributed by atoms with van der Waals surface area (Å²) in [5, 5.41) is 2.96. The van der Waals surface area contributed by atoms with Crippen LogP contribution in [0.4, 0.5) is 0 Å². The summed E-state index contributed by atoms with van der Waals surface area (Å²) in [6.45, 7) is 5.35. The van der Waals surface area contributed by atoms with Gasteiger partial charge in [-0.2, -0.15) is 0 Å². The number of aryl methyl sites for hydroxylation is 1. The van der Waals surface area contributed by atoms with E-state index in [2.05, 4.69) is 5.32 Å². The molecule has 0 aliphatic carbocycles. The Hall–Kier alpha value is -3.15. The van der Waals surface area contributed by atoms with Gasteiger partial charge in [0.1, 0.15) is 5.75 Å². The molecule has 30 heavy (non-hydrogen) atoms. The second kappa shape index (κ2) is 10.1. The number of carbonyl (C=O) groups excluding carboxylic acids is 3. The first-order valence-electron chi connectivity index (χ1n) is 10.3. The minimum atomic E-state index is -0.420. The molecule has 1 saturated heterocycles. The van der Waals surface area contributed by atoms with Crippen LogP contribution in [0.1, 0.15) is 41.3 Å². The maximum Gasteiger partial charge on any atom is 0.308 e. The van der Waals surface area contributed by atoms with Gasteiger partial charge in [-0.1, -0.05) is 30.3 Å². The number of hydrogen-bond acceptors (Lipinski definition) is 4. The van der Waals surface area contributed by atoms with Crippen molar-refractivity contribution in [2.75, 3.05) is 19.6 Å². The lowest BCUT2D eigenvalue weighted by Crippen LogP contribution is -2.42. The first-order valence-corrected chi connectivity index (χ1v) is 10.3. The molecule has 6 heteroatoms. The molecule has 0 atom stereocenters. The fourth-order valence-corrected chi connectivity index (χ4v) is 3.68. The van der Waals surface area contributed by atoms with Crippen molar-refractivity contribution in [3.63, 3.8) is 0 Å². The third-order valence-electron chi connectivity index (χ3n) is 5.48. The third-order valence-corrected chi connectivity index (χ3v) is 5.48. The number of amides is 2. The quantitative estimate of drug-likeness (QED) is 0.589. The minimum absolute atomic E-state index is 0.161. The summed E-state index contributed by atoms with van der Waals surface area (Å²) in [7, 11) is 0. The van der Waals surface area contributed by atoms with Crippen LogP contribution in [-0.4, -0.2) is 42.3 Å². The Morgan fingerprint density at radius 3 is 2.50 bits per heavy atom. The van der Waals surface area contributed by atoms with Crippen molar-refractivity contribution in [2.45, 2.75) is 33.1 Å². The van der Waals surface area contributed by atoms with Crippen molar-refractivity contribution in [3.8, 4) is 5.75 Å². The Balaban J connectivity index is 1.44. The fourth-order valence-electron chi connectivity index (χ4n) is 3.68. The van der Waals surface area contributed by atoms with E-state index >= 15 is 0 Å². The molecule has 1 N–H and O–H groups in total. The van der Waals surface area contributed by atoms with E-state index in [9.17, 15) is 14.4 Å². The molecule has 0 saturated carbocycles. The van der Waals surface area contributed by atoms with Crippen LogP contribution in [0, 0.1) is 12.8 Å².